The Morgan fingerprint density at radius 1 is 1.09 bits per heavy atom. The molecule has 3 heterocycles. The van der Waals surface area contributed by atoms with E-state index >= 15 is 0 Å². The molecule has 2 aliphatic rings. The minimum atomic E-state index is -0.256. The van der Waals surface area contributed by atoms with E-state index in [4.69, 9.17) is 4.74 Å². The van der Waals surface area contributed by atoms with Gasteiger partial charge in [0.1, 0.15) is 17.8 Å². The number of rotatable bonds is 6. The monoisotopic (exact) mass is 433 g/mol. The molecule has 9 nitrogen and oxygen atoms in total. The highest BCUT2D eigenvalue weighted by molar-refractivity contribution is 6.06. The molecule has 1 aromatic carbocycles. The molecule has 1 saturated heterocycles. The van der Waals surface area contributed by atoms with Crippen molar-refractivity contribution in [3.8, 4) is 0 Å². The normalized spacial score (nSPS) is 16.4. The van der Waals surface area contributed by atoms with Gasteiger partial charge in [0, 0.05) is 36.6 Å². The number of aryl methyl sites for hydroxylation is 1. The molecule has 5 rings (SSSR count). The smallest absolute Gasteiger partial charge is 0.275 e. The number of nitrogens with zero attached hydrogens (tertiary/aromatic N) is 4. The van der Waals surface area contributed by atoms with Crippen LogP contribution in [0.2, 0.25) is 0 Å². The third-order valence-electron chi connectivity index (χ3n) is 5.97. The van der Waals surface area contributed by atoms with Gasteiger partial charge in [-0.1, -0.05) is 12.1 Å². The van der Waals surface area contributed by atoms with Crippen LogP contribution in [0.1, 0.15) is 40.2 Å². The molecular formula is C23H27N7O2. The van der Waals surface area contributed by atoms with Gasteiger partial charge in [0.15, 0.2) is 0 Å². The number of anilines is 3. The van der Waals surface area contributed by atoms with Gasteiger partial charge in [-0.15, -0.1) is 0 Å². The number of hydrogen-bond acceptors (Lipinski definition) is 7. The molecule has 0 unspecified atom stereocenters. The second-order valence-electron chi connectivity index (χ2n) is 8.18. The van der Waals surface area contributed by atoms with E-state index in [1.807, 2.05) is 24.3 Å². The van der Waals surface area contributed by atoms with Crippen molar-refractivity contribution in [1.29, 1.82) is 0 Å². The third kappa shape index (κ3) is 4.63. The van der Waals surface area contributed by atoms with Crippen LogP contribution in [0.3, 0.4) is 0 Å². The van der Waals surface area contributed by atoms with Crippen molar-refractivity contribution in [1.82, 2.24) is 25.1 Å². The average molecular weight is 434 g/mol. The van der Waals surface area contributed by atoms with Crippen LogP contribution in [0.15, 0.2) is 36.8 Å². The summed E-state index contributed by atoms with van der Waals surface area (Å²) in [7, 11) is 0. The van der Waals surface area contributed by atoms with Crippen molar-refractivity contribution >= 4 is 23.1 Å². The number of fused-ring (bicyclic) bond motifs is 1. The van der Waals surface area contributed by atoms with E-state index < -0.39 is 0 Å². The Labute approximate surface area is 186 Å². The molecule has 0 radical (unpaired) electrons. The van der Waals surface area contributed by atoms with Crippen molar-refractivity contribution in [3.05, 3.63) is 59.3 Å². The first-order valence-electron chi connectivity index (χ1n) is 11.1. The van der Waals surface area contributed by atoms with E-state index in [0.717, 1.165) is 81.3 Å². The second kappa shape index (κ2) is 9.46. The van der Waals surface area contributed by atoms with E-state index in [1.165, 1.54) is 5.56 Å². The lowest BCUT2D eigenvalue weighted by Crippen LogP contribution is -2.35. The van der Waals surface area contributed by atoms with Gasteiger partial charge in [0.2, 0.25) is 0 Å². The molecular weight excluding hydrogens is 406 g/mol. The Balaban J connectivity index is 1.25. The van der Waals surface area contributed by atoms with Gasteiger partial charge in [-0.25, -0.2) is 9.97 Å². The minimum Gasteiger partial charge on any atom is -0.379 e. The van der Waals surface area contributed by atoms with Crippen LogP contribution < -0.4 is 10.6 Å². The topological polar surface area (TPSA) is 108 Å². The van der Waals surface area contributed by atoms with Crippen molar-refractivity contribution in [3.63, 3.8) is 0 Å². The maximum Gasteiger partial charge on any atom is 0.275 e. The summed E-state index contributed by atoms with van der Waals surface area (Å²) in [6, 6.07) is 7.95. The average Bonchev–Trinajstić information content (AvgIpc) is 3.30. The molecule has 1 amide bonds. The first-order valence-corrected chi connectivity index (χ1v) is 11.1. The van der Waals surface area contributed by atoms with Gasteiger partial charge in [-0.05, 0) is 43.4 Å². The standard InChI is InChI=1S/C23H27N7O2/c31-23(27-17-7-5-16(6-8-17)14-30-9-11-32-12-10-30)21-20(13-26-29-21)28-22-18-3-1-2-4-19(18)24-15-25-22/h5-8,13,15H,1-4,9-12,14H2,(H,26,29)(H,27,31)(H,24,25,28). The number of nitrogens with one attached hydrogen (secondary N) is 3. The van der Waals surface area contributed by atoms with Crippen LogP contribution in [-0.4, -0.2) is 57.3 Å². The van der Waals surface area contributed by atoms with Crippen LogP contribution in [0.4, 0.5) is 17.2 Å². The van der Waals surface area contributed by atoms with Gasteiger partial charge in [-0.2, -0.15) is 5.10 Å². The van der Waals surface area contributed by atoms with Crippen LogP contribution in [0.5, 0.6) is 0 Å². The van der Waals surface area contributed by atoms with Gasteiger partial charge in [0.25, 0.3) is 5.91 Å². The van der Waals surface area contributed by atoms with Gasteiger partial charge < -0.3 is 15.4 Å². The molecule has 9 heteroatoms. The predicted octanol–water partition coefficient (Wildman–Crippen LogP) is 2.91. The number of aromatic amines is 1. The summed E-state index contributed by atoms with van der Waals surface area (Å²) in [5.74, 6) is 0.492. The number of morpholine rings is 1. The van der Waals surface area contributed by atoms with Crippen molar-refractivity contribution in [2.75, 3.05) is 36.9 Å². The molecule has 0 spiro atoms. The van der Waals surface area contributed by atoms with Gasteiger partial charge >= 0.3 is 0 Å². The minimum absolute atomic E-state index is 0.256. The lowest BCUT2D eigenvalue weighted by molar-refractivity contribution is 0.0342. The zero-order valence-electron chi connectivity index (χ0n) is 17.9. The van der Waals surface area contributed by atoms with Crippen LogP contribution in [0, 0.1) is 0 Å². The highest BCUT2D eigenvalue weighted by Crippen LogP contribution is 2.27. The Kier molecular flexibility index (Phi) is 6.09. The molecule has 32 heavy (non-hydrogen) atoms. The molecule has 0 atom stereocenters. The predicted molar refractivity (Wildman–Crippen MR) is 121 cm³/mol. The summed E-state index contributed by atoms with van der Waals surface area (Å²) in [5, 5.41) is 13.1. The van der Waals surface area contributed by atoms with Crippen LogP contribution >= 0.6 is 0 Å². The van der Waals surface area contributed by atoms with Crippen molar-refractivity contribution in [2.45, 2.75) is 32.2 Å². The Morgan fingerprint density at radius 3 is 2.75 bits per heavy atom. The maximum atomic E-state index is 12.9. The van der Waals surface area contributed by atoms with Gasteiger partial charge in [0.05, 0.1) is 25.1 Å². The SMILES string of the molecule is O=C(Nc1ccc(CN2CCOCC2)cc1)c1[nH]ncc1Nc1ncnc2c1CCCC2. The van der Waals surface area contributed by atoms with E-state index in [1.54, 1.807) is 12.5 Å². The second-order valence-corrected chi connectivity index (χ2v) is 8.18. The number of benzene rings is 1. The number of aromatic nitrogens is 4. The number of H-pyrrole nitrogens is 1. The van der Waals surface area contributed by atoms with Crippen molar-refractivity contribution < 1.29 is 9.53 Å². The van der Waals surface area contributed by atoms with Crippen LogP contribution in [0.25, 0.3) is 0 Å². The third-order valence-corrected chi connectivity index (χ3v) is 5.97. The Hall–Kier alpha value is -3.30. The molecule has 2 aromatic heterocycles. The number of carbonyl (C=O) groups is 1. The Bertz CT molecular complexity index is 1070. The summed E-state index contributed by atoms with van der Waals surface area (Å²) >= 11 is 0. The quantitative estimate of drug-likeness (QED) is 0.548. The molecule has 3 aromatic rings. The van der Waals surface area contributed by atoms with E-state index in [9.17, 15) is 4.79 Å². The van der Waals surface area contributed by atoms with E-state index in [0.29, 0.717) is 11.4 Å². The molecule has 3 N–H and O–H groups in total. The molecule has 1 aliphatic carbocycles. The number of carbonyl (C=O) groups excluding carboxylic acids is 1. The fourth-order valence-corrected chi connectivity index (χ4v) is 4.22. The zero-order valence-corrected chi connectivity index (χ0v) is 17.9. The first kappa shape index (κ1) is 20.6. The number of ether oxygens (including phenoxy) is 1. The van der Waals surface area contributed by atoms with Crippen LogP contribution in [-0.2, 0) is 24.1 Å². The van der Waals surface area contributed by atoms with E-state index in [-0.39, 0.29) is 5.91 Å². The van der Waals surface area contributed by atoms with Crippen molar-refractivity contribution in [2.24, 2.45) is 0 Å². The largest absolute Gasteiger partial charge is 0.379 e. The maximum absolute atomic E-state index is 12.9. The summed E-state index contributed by atoms with van der Waals surface area (Å²) in [4.78, 5) is 24.1. The highest BCUT2D eigenvalue weighted by Gasteiger charge is 2.19. The number of amides is 1. The fourth-order valence-electron chi connectivity index (χ4n) is 4.22. The van der Waals surface area contributed by atoms with E-state index in [2.05, 4.69) is 35.7 Å². The molecule has 0 bridgehead atoms. The summed E-state index contributed by atoms with van der Waals surface area (Å²) in [5.41, 5.74) is 5.12. The highest BCUT2D eigenvalue weighted by atomic mass is 16.5. The summed E-state index contributed by atoms with van der Waals surface area (Å²) in [6.45, 7) is 4.35. The zero-order chi connectivity index (χ0) is 21.8. The fraction of sp³-hybridized carbons (Fsp3) is 0.391. The Morgan fingerprint density at radius 2 is 1.91 bits per heavy atom. The van der Waals surface area contributed by atoms with Gasteiger partial charge in [-0.3, -0.25) is 14.8 Å². The molecule has 1 aliphatic heterocycles. The molecule has 166 valence electrons. The molecule has 0 saturated carbocycles. The summed E-state index contributed by atoms with van der Waals surface area (Å²) in [6.07, 6.45) is 7.35. The lowest BCUT2D eigenvalue weighted by atomic mass is 9.96. The number of hydrogen-bond donors (Lipinski definition) is 3. The lowest BCUT2D eigenvalue weighted by Gasteiger charge is -2.26. The first-order chi connectivity index (χ1) is 15.8. The molecule has 1 fully saturated rings. The summed E-state index contributed by atoms with van der Waals surface area (Å²) < 4.78 is 5.40.